The fraction of sp³-hybridized carbons (Fsp3) is 0.0690. The predicted molar refractivity (Wildman–Crippen MR) is 149 cm³/mol. The van der Waals surface area contributed by atoms with Gasteiger partial charge in [0.1, 0.15) is 5.75 Å². The van der Waals surface area contributed by atoms with Crippen LogP contribution in [0.25, 0.3) is 11.6 Å². The van der Waals surface area contributed by atoms with Crippen LogP contribution in [0.3, 0.4) is 0 Å². The summed E-state index contributed by atoms with van der Waals surface area (Å²) in [5, 5.41) is 3.29. The fourth-order valence-corrected chi connectivity index (χ4v) is 4.88. The molecule has 2 N–H and O–H groups in total. The maximum Gasteiger partial charge on any atom is 0.261 e. The van der Waals surface area contributed by atoms with E-state index in [1.165, 1.54) is 12.1 Å². The summed E-state index contributed by atoms with van der Waals surface area (Å²) in [4.78, 5) is 13.3. The maximum absolute atomic E-state index is 13.3. The second-order valence-corrected chi connectivity index (χ2v) is 10.4. The number of amides is 1. The molecule has 0 atom stereocenters. The molecule has 4 aromatic rings. The molecule has 0 bridgehead atoms. The van der Waals surface area contributed by atoms with E-state index in [9.17, 15) is 13.2 Å². The third-order valence-corrected chi connectivity index (χ3v) is 7.24. The minimum absolute atomic E-state index is 0.0573. The SMILES string of the molecule is COc1ccc(/C=C(/C(=O)Nc2ccc(S(=O)(=O)Nc3cc(Cl)ccc3C)cc2)c2ccccc2)cc1. The van der Waals surface area contributed by atoms with Crippen LogP contribution in [0.2, 0.25) is 5.02 Å². The molecular formula is C29H25ClN2O4S. The van der Waals surface area contributed by atoms with Gasteiger partial charge in [0, 0.05) is 16.3 Å². The van der Waals surface area contributed by atoms with Gasteiger partial charge in [-0.1, -0.05) is 60.1 Å². The molecule has 0 unspecified atom stereocenters. The monoisotopic (exact) mass is 532 g/mol. The molecular weight excluding hydrogens is 508 g/mol. The maximum atomic E-state index is 13.3. The molecule has 0 saturated carbocycles. The van der Waals surface area contributed by atoms with E-state index >= 15 is 0 Å². The van der Waals surface area contributed by atoms with E-state index in [-0.39, 0.29) is 10.8 Å². The lowest BCUT2D eigenvalue weighted by molar-refractivity contribution is -0.111. The van der Waals surface area contributed by atoms with Crippen molar-refractivity contribution >= 4 is 50.6 Å². The van der Waals surface area contributed by atoms with Crippen molar-refractivity contribution in [2.24, 2.45) is 0 Å². The van der Waals surface area contributed by atoms with Gasteiger partial charge < -0.3 is 10.1 Å². The number of aryl methyl sites for hydroxylation is 1. The number of anilines is 2. The first-order valence-electron chi connectivity index (χ1n) is 11.4. The first kappa shape index (κ1) is 26.0. The van der Waals surface area contributed by atoms with Gasteiger partial charge in [0.15, 0.2) is 0 Å². The second kappa shape index (κ2) is 11.3. The molecule has 4 rings (SSSR count). The van der Waals surface area contributed by atoms with Crippen molar-refractivity contribution in [1.82, 2.24) is 0 Å². The Balaban J connectivity index is 1.56. The molecule has 188 valence electrons. The van der Waals surface area contributed by atoms with E-state index in [1.807, 2.05) is 54.6 Å². The molecule has 37 heavy (non-hydrogen) atoms. The van der Waals surface area contributed by atoms with Gasteiger partial charge in [0.25, 0.3) is 15.9 Å². The van der Waals surface area contributed by atoms with Crippen molar-refractivity contribution < 1.29 is 17.9 Å². The molecule has 0 radical (unpaired) electrons. The van der Waals surface area contributed by atoms with Gasteiger partial charge in [-0.25, -0.2) is 8.42 Å². The zero-order chi connectivity index (χ0) is 26.4. The van der Waals surface area contributed by atoms with Gasteiger partial charge in [0.2, 0.25) is 0 Å². The molecule has 0 aliphatic heterocycles. The first-order valence-corrected chi connectivity index (χ1v) is 13.2. The standard InChI is InChI=1S/C29H25ClN2O4S/c1-20-8-11-23(30)19-28(20)32-37(34,35)26-16-12-24(13-17-26)31-29(33)27(22-6-4-3-5-7-22)18-21-9-14-25(36-2)15-10-21/h3-19,32H,1-2H3,(H,31,33)/b27-18+. The number of halogens is 1. The Morgan fingerprint density at radius 1 is 0.892 bits per heavy atom. The molecule has 8 heteroatoms. The quantitative estimate of drug-likeness (QED) is 0.197. The van der Waals surface area contributed by atoms with Crippen molar-refractivity contribution in [1.29, 1.82) is 0 Å². The van der Waals surface area contributed by atoms with Crippen LogP contribution in [0.4, 0.5) is 11.4 Å². The highest BCUT2D eigenvalue weighted by Crippen LogP contribution is 2.25. The number of sulfonamides is 1. The Kier molecular flexibility index (Phi) is 7.96. The summed E-state index contributed by atoms with van der Waals surface area (Å²) in [5.41, 5.74) is 3.64. The summed E-state index contributed by atoms with van der Waals surface area (Å²) in [7, 11) is -2.25. The van der Waals surface area contributed by atoms with Crippen molar-refractivity contribution in [3.8, 4) is 5.75 Å². The second-order valence-electron chi connectivity index (χ2n) is 8.24. The van der Waals surface area contributed by atoms with Crippen molar-refractivity contribution in [3.63, 3.8) is 0 Å². The van der Waals surface area contributed by atoms with Crippen molar-refractivity contribution in [3.05, 3.63) is 119 Å². The molecule has 0 aromatic heterocycles. The predicted octanol–water partition coefficient (Wildman–Crippen LogP) is 6.64. The molecule has 0 fully saturated rings. The van der Waals surface area contributed by atoms with Gasteiger partial charge in [-0.2, -0.15) is 0 Å². The Hall–Kier alpha value is -4.07. The Morgan fingerprint density at radius 3 is 2.22 bits per heavy atom. The summed E-state index contributed by atoms with van der Waals surface area (Å²) in [5.74, 6) is 0.392. The molecule has 0 heterocycles. The third kappa shape index (κ3) is 6.58. The van der Waals surface area contributed by atoms with Gasteiger partial charge in [-0.3, -0.25) is 9.52 Å². The zero-order valence-electron chi connectivity index (χ0n) is 20.2. The number of rotatable bonds is 8. The van der Waals surface area contributed by atoms with Crippen LogP contribution in [0.15, 0.2) is 102 Å². The molecule has 0 aliphatic carbocycles. The van der Waals surface area contributed by atoms with E-state index in [4.69, 9.17) is 16.3 Å². The Bertz CT molecular complexity index is 1530. The lowest BCUT2D eigenvalue weighted by Gasteiger charge is -2.13. The van der Waals surface area contributed by atoms with E-state index in [2.05, 4.69) is 10.0 Å². The van der Waals surface area contributed by atoms with Crippen LogP contribution >= 0.6 is 11.6 Å². The number of ether oxygens (including phenoxy) is 1. The number of nitrogens with one attached hydrogen (secondary N) is 2. The van der Waals surface area contributed by atoms with Crippen LogP contribution in [-0.2, 0) is 14.8 Å². The van der Waals surface area contributed by atoms with Gasteiger partial charge >= 0.3 is 0 Å². The van der Waals surface area contributed by atoms with Gasteiger partial charge in [0.05, 0.1) is 17.7 Å². The average Bonchev–Trinajstić information content (AvgIpc) is 2.90. The Labute approximate surface area is 221 Å². The molecule has 0 saturated heterocycles. The minimum Gasteiger partial charge on any atom is -0.497 e. The summed E-state index contributed by atoms with van der Waals surface area (Å²) in [6.45, 7) is 1.79. The summed E-state index contributed by atoms with van der Waals surface area (Å²) in [6, 6.07) is 27.7. The van der Waals surface area contributed by atoms with Gasteiger partial charge in [-0.15, -0.1) is 0 Å². The molecule has 6 nitrogen and oxygen atoms in total. The van der Waals surface area contributed by atoms with E-state index in [0.29, 0.717) is 22.0 Å². The number of carbonyl (C=O) groups is 1. The van der Waals surface area contributed by atoms with Crippen LogP contribution in [-0.4, -0.2) is 21.4 Å². The molecule has 1 amide bonds. The average molecular weight is 533 g/mol. The molecule has 4 aromatic carbocycles. The largest absolute Gasteiger partial charge is 0.497 e. The van der Waals surface area contributed by atoms with Crippen LogP contribution in [0.1, 0.15) is 16.7 Å². The van der Waals surface area contributed by atoms with Crippen molar-refractivity contribution in [2.75, 3.05) is 17.1 Å². The third-order valence-electron chi connectivity index (χ3n) is 5.62. The normalized spacial score (nSPS) is 11.6. The van der Waals surface area contributed by atoms with Crippen LogP contribution in [0, 0.1) is 6.92 Å². The highest BCUT2D eigenvalue weighted by Gasteiger charge is 2.17. The van der Waals surface area contributed by atoms with Gasteiger partial charge in [-0.05, 0) is 78.2 Å². The number of hydrogen-bond acceptors (Lipinski definition) is 4. The fourth-order valence-electron chi connectivity index (χ4n) is 3.59. The van der Waals surface area contributed by atoms with E-state index < -0.39 is 10.0 Å². The minimum atomic E-state index is -3.85. The lowest BCUT2D eigenvalue weighted by Crippen LogP contribution is -2.15. The first-order chi connectivity index (χ1) is 17.7. The smallest absolute Gasteiger partial charge is 0.261 e. The lowest BCUT2D eigenvalue weighted by atomic mass is 10.0. The molecule has 0 aliphatic rings. The number of benzene rings is 4. The molecule has 0 spiro atoms. The number of methoxy groups -OCH3 is 1. The van der Waals surface area contributed by atoms with Crippen molar-refractivity contribution in [2.45, 2.75) is 11.8 Å². The highest BCUT2D eigenvalue weighted by atomic mass is 35.5. The summed E-state index contributed by atoms with van der Waals surface area (Å²) < 4.78 is 33.5. The van der Waals surface area contributed by atoms with Crippen LogP contribution in [0.5, 0.6) is 5.75 Å². The number of hydrogen-bond donors (Lipinski definition) is 2. The zero-order valence-corrected chi connectivity index (χ0v) is 21.8. The highest BCUT2D eigenvalue weighted by molar-refractivity contribution is 7.92. The van der Waals surface area contributed by atoms with E-state index in [0.717, 1.165) is 22.4 Å². The van der Waals surface area contributed by atoms with E-state index in [1.54, 1.807) is 50.4 Å². The topological polar surface area (TPSA) is 84.5 Å². The summed E-state index contributed by atoms with van der Waals surface area (Å²) in [6.07, 6.45) is 1.79. The van der Waals surface area contributed by atoms with Crippen LogP contribution < -0.4 is 14.8 Å². The number of carbonyl (C=O) groups excluding carboxylic acids is 1. The summed E-state index contributed by atoms with van der Waals surface area (Å²) >= 11 is 6.01. The Morgan fingerprint density at radius 2 is 1.57 bits per heavy atom.